The second-order valence-electron chi connectivity index (χ2n) is 4.08. The van der Waals surface area contributed by atoms with E-state index in [1.807, 2.05) is 18.2 Å². The van der Waals surface area contributed by atoms with E-state index >= 15 is 0 Å². The first-order valence-electron chi connectivity index (χ1n) is 5.29. The van der Waals surface area contributed by atoms with Crippen molar-refractivity contribution in [3.8, 4) is 11.4 Å². The molecule has 1 aliphatic carbocycles. The zero-order valence-electron chi connectivity index (χ0n) is 8.78. The molecule has 0 saturated heterocycles. The lowest BCUT2D eigenvalue weighted by Gasteiger charge is -2.07. The van der Waals surface area contributed by atoms with Crippen LogP contribution in [0.2, 0.25) is 5.02 Å². The molecular weight excluding hydrogens is 322 g/mol. The number of nitrogens with zero attached hydrogens (tertiary/aromatic N) is 2. The van der Waals surface area contributed by atoms with Gasteiger partial charge < -0.3 is 0 Å². The Hall–Kier alpha value is -0.650. The van der Waals surface area contributed by atoms with Crippen molar-refractivity contribution in [3.63, 3.8) is 0 Å². The van der Waals surface area contributed by atoms with E-state index in [-0.39, 0.29) is 0 Å². The largest absolute Gasteiger partial charge is 0.297 e. The molecule has 1 aliphatic rings. The van der Waals surface area contributed by atoms with Crippen LogP contribution in [0.1, 0.15) is 18.9 Å². The average molecular weight is 331 g/mol. The van der Waals surface area contributed by atoms with Gasteiger partial charge in [0.25, 0.3) is 0 Å². The molecule has 0 unspecified atom stereocenters. The summed E-state index contributed by atoms with van der Waals surface area (Å²) < 4.78 is 3.72. The predicted molar refractivity (Wildman–Crippen MR) is 73.8 cm³/mol. The topological polar surface area (TPSA) is 33.6 Å². The fraction of sp³-hybridized carbons (Fsp3) is 0.273. The van der Waals surface area contributed by atoms with E-state index in [0.29, 0.717) is 15.8 Å². The number of H-pyrrole nitrogens is 1. The Morgan fingerprint density at radius 2 is 2.24 bits per heavy atom. The Kier molecular flexibility index (Phi) is 2.84. The highest BCUT2D eigenvalue weighted by atomic mass is 79.9. The van der Waals surface area contributed by atoms with Crippen LogP contribution in [0.15, 0.2) is 22.7 Å². The number of aromatic nitrogens is 3. The lowest BCUT2D eigenvalue weighted by atomic mass is 10.2. The maximum Gasteiger partial charge on any atom is 0.195 e. The van der Waals surface area contributed by atoms with Gasteiger partial charge in [-0.05, 0) is 43.3 Å². The summed E-state index contributed by atoms with van der Waals surface area (Å²) in [5.74, 6) is 0.854. The summed E-state index contributed by atoms with van der Waals surface area (Å²) in [4.78, 5) is 0. The van der Waals surface area contributed by atoms with Crippen LogP contribution in [0.4, 0.5) is 0 Å². The zero-order chi connectivity index (χ0) is 12.0. The molecule has 1 aromatic heterocycles. The minimum Gasteiger partial charge on any atom is -0.297 e. The molecule has 1 heterocycles. The molecule has 1 N–H and O–H groups in total. The van der Waals surface area contributed by atoms with Gasteiger partial charge in [0.1, 0.15) is 0 Å². The molecule has 0 radical (unpaired) electrons. The molecule has 88 valence electrons. The van der Waals surface area contributed by atoms with Gasteiger partial charge in [-0.15, -0.1) is 0 Å². The van der Waals surface area contributed by atoms with E-state index in [4.69, 9.17) is 23.8 Å². The molecule has 1 aromatic carbocycles. The highest BCUT2D eigenvalue weighted by Gasteiger charge is 2.28. The van der Waals surface area contributed by atoms with Crippen LogP contribution in [0.5, 0.6) is 0 Å². The molecule has 0 atom stereocenters. The van der Waals surface area contributed by atoms with Gasteiger partial charge in [-0.3, -0.25) is 9.67 Å². The summed E-state index contributed by atoms with van der Waals surface area (Å²) in [6, 6.07) is 6.15. The third-order valence-corrected chi connectivity index (χ3v) is 4.00. The fourth-order valence-electron chi connectivity index (χ4n) is 1.84. The van der Waals surface area contributed by atoms with Crippen molar-refractivity contribution in [1.82, 2.24) is 14.8 Å². The average Bonchev–Trinajstić information content (AvgIpc) is 3.06. The molecule has 0 amide bonds. The van der Waals surface area contributed by atoms with Gasteiger partial charge in [0.05, 0.1) is 0 Å². The maximum absolute atomic E-state index is 6.03. The lowest BCUT2D eigenvalue weighted by molar-refractivity contribution is 0.735. The molecule has 1 fully saturated rings. The van der Waals surface area contributed by atoms with Gasteiger partial charge >= 0.3 is 0 Å². The summed E-state index contributed by atoms with van der Waals surface area (Å²) in [5.41, 5.74) is 0.969. The minimum atomic E-state index is 0.488. The van der Waals surface area contributed by atoms with Crippen LogP contribution in [-0.4, -0.2) is 14.8 Å². The zero-order valence-corrected chi connectivity index (χ0v) is 11.9. The Morgan fingerprint density at radius 1 is 1.47 bits per heavy atom. The van der Waals surface area contributed by atoms with Gasteiger partial charge in [0.15, 0.2) is 10.6 Å². The third kappa shape index (κ3) is 2.07. The van der Waals surface area contributed by atoms with Crippen LogP contribution in [0, 0.1) is 4.77 Å². The highest BCUT2D eigenvalue weighted by molar-refractivity contribution is 9.10. The van der Waals surface area contributed by atoms with E-state index in [1.165, 1.54) is 12.8 Å². The number of hydrogen-bond acceptors (Lipinski definition) is 2. The van der Waals surface area contributed by atoms with Crippen molar-refractivity contribution in [2.24, 2.45) is 0 Å². The maximum atomic E-state index is 6.03. The number of benzene rings is 1. The molecule has 0 bridgehead atoms. The number of rotatable bonds is 2. The Labute approximate surface area is 117 Å². The fourth-order valence-corrected chi connectivity index (χ4v) is 2.71. The van der Waals surface area contributed by atoms with Crippen molar-refractivity contribution in [3.05, 3.63) is 32.5 Å². The molecule has 6 heteroatoms. The monoisotopic (exact) mass is 329 g/mol. The van der Waals surface area contributed by atoms with Crippen molar-refractivity contribution >= 4 is 39.7 Å². The van der Waals surface area contributed by atoms with Crippen LogP contribution < -0.4 is 0 Å². The number of aromatic amines is 1. The molecule has 0 aliphatic heterocycles. The van der Waals surface area contributed by atoms with Gasteiger partial charge in [0.2, 0.25) is 0 Å². The van der Waals surface area contributed by atoms with E-state index in [2.05, 4.69) is 30.7 Å². The molecular formula is C11H9BrClN3S. The quantitative estimate of drug-likeness (QED) is 0.830. The van der Waals surface area contributed by atoms with Crippen LogP contribution in [0.3, 0.4) is 0 Å². The van der Waals surface area contributed by atoms with Crippen LogP contribution in [-0.2, 0) is 0 Å². The van der Waals surface area contributed by atoms with Crippen molar-refractivity contribution in [2.45, 2.75) is 18.9 Å². The first kappa shape index (κ1) is 11.4. The van der Waals surface area contributed by atoms with E-state index in [9.17, 15) is 0 Å². The molecule has 1 saturated carbocycles. The molecule has 3 rings (SSSR count). The normalized spacial score (nSPS) is 15.2. The lowest BCUT2D eigenvalue weighted by Crippen LogP contribution is -1.98. The summed E-state index contributed by atoms with van der Waals surface area (Å²) >= 11 is 14.8. The van der Waals surface area contributed by atoms with E-state index in [1.54, 1.807) is 0 Å². The van der Waals surface area contributed by atoms with Crippen LogP contribution >= 0.6 is 39.7 Å². The Morgan fingerprint density at radius 3 is 2.94 bits per heavy atom. The van der Waals surface area contributed by atoms with Gasteiger partial charge in [-0.1, -0.05) is 27.5 Å². The SMILES string of the molecule is S=c1[nH]nc(-c2cc(Cl)ccc2Br)n1C1CC1. The number of nitrogens with one attached hydrogen (secondary N) is 1. The molecule has 2 aromatic rings. The smallest absolute Gasteiger partial charge is 0.195 e. The van der Waals surface area contributed by atoms with Gasteiger partial charge in [-0.2, -0.15) is 5.10 Å². The van der Waals surface area contributed by atoms with Gasteiger partial charge in [-0.25, -0.2) is 0 Å². The number of halogens is 2. The first-order valence-corrected chi connectivity index (χ1v) is 6.87. The van der Waals surface area contributed by atoms with Crippen molar-refractivity contribution in [1.29, 1.82) is 0 Å². The summed E-state index contributed by atoms with van der Waals surface area (Å²) in [6.45, 7) is 0. The standard InChI is InChI=1S/C11H9BrClN3S/c12-9-4-1-6(13)5-8(9)10-14-15-11(17)16(10)7-2-3-7/h1,4-5,7H,2-3H2,(H,15,17). The summed E-state index contributed by atoms with van der Waals surface area (Å²) in [7, 11) is 0. The third-order valence-electron chi connectivity index (χ3n) is 2.79. The summed E-state index contributed by atoms with van der Waals surface area (Å²) in [5, 5.41) is 7.86. The summed E-state index contributed by atoms with van der Waals surface area (Å²) in [6.07, 6.45) is 2.33. The van der Waals surface area contributed by atoms with E-state index in [0.717, 1.165) is 15.9 Å². The number of hydrogen-bond donors (Lipinski definition) is 1. The van der Waals surface area contributed by atoms with Crippen molar-refractivity contribution < 1.29 is 0 Å². The Bertz CT molecular complexity index is 630. The van der Waals surface area contributed by atoms with E-state index < -0.39 is 0 Å². The molecule has 3 nitrogen and oxygen atoms in total. The predicted octanol–water partition coefficient (Wildman–Crippen LogP) is 4.36. The van der Waals surface area contributed by atoms with Crippen molar-refractivity contribution in [2.75, 3.05) is 0 Å². The molecule has 17 heavy (non-hydrogen) atoms. The second kappa shape index (κ2) is 4.23. The molecule has 0 spiro atoms. The van der Waals surface area contributed by atoms with Crippen LogP contribution in [0.25, 0.3) is 11.4 Å². The van der Waals surface area contributed by atoms with Gasteiger partial charge in [0, 0.05) is 21.1 Å². The minimum absolute atomic E-state index is 0.488. The Balaban J connectivity index is 2.21. The first-order chi connectivity index (χ1) is 8.16. The second-order valence-corrected chi connectivity index (χ2v) is 5.76. The highest BCUT2D eigenvalue weighted by Crippen LogP contribution is 2.39.